The summed E-state index contributed by atoms with van der Waals surface area (Å²) >= 11 is 3.27. The number of hydrogen-bond donors (Lipinski definition) is 4. The van der Waals surface area contributed by atoms with Gasteiger partial charge in [-0.05, 0) is 15.9 Å². The van der Waals surface area contributed by atoms with Crippen LogP contribution >= 0.6 is 15.9 Å². The molecule has 2 aromatic heterocycles. The first-order valence-electron chi connectivity index (χ1n) is 6.33. The zero-order valence-electron chi connectivity index (χ0n) is 11.1. The molecule has 0 spiro atoms. The van der Waals surface area contributed by atoms with Crippen molar-refractivity contribution in [2.24, 2.45) is 0 Å². The number of anilines is 1. The molecule has 0 unspecified atom stereocenters. The summed E-state index contributed by atoms with van der Waals surface area (Å²) in [6.45, 7) is -0.451. The molecule has 3 heterocycles. The normalized spacial score (nSPS) is 28.1. The maximum atomic E-state index is 10.2. The van der Waals surface area contributed by atoms with Gasteiger partial charge >= 0.3 is 0 Å². The third-order valence-corrected chi connectivity index (χ3v) is 4.41. The third-order valence-electron chi connectivity index (χ3n) is 3.64. The Morgan fingerprint density at radius 3 is 2.73 bits per heavy atom. The monoisotopic (exact) mass is 369 g/mol. The summed E-state index contributed by atoms with van der Waals surface area (Å²) in [6.07, 6.45) is -3.30. The topological polar surface area (TPSA) is 150 Å². The summed E-state index contributed by atoms with van der Waals surface area (Å²) in [4.78, 5) is 7.93. The van der Waals surface area contributed by atoms with Crippen LogP contribution in [-0.4, -0.2) is 54.8 Å². The average Bonchev–Trinajstić information content (AvgIpc) is 2.95. The molecule has 0 amide bonds. The average molecular weight is 370 g/mol. The van der Waals surface area contributed by atoms with Crippen molar-refractivity contribution < 1.29 is 20.1 Å². The summed E-state index contributed by atoms with van der Waals surface area (Å²) in [5.74, 6) is 0.118. The minimum absolute atomic E-state index is 0.118. The van der Waals surface area contributed by atoms with Crippen molar-refractivity contribution in [1.29, 1.82) is 5.26 Å². The smallest absolute Gasteiger partial charge is 0.165 e. The molecule has 1 saturated heterocycles. The van der Waals surface area contributed by atoms with Gasteiger partial charge < -0.3 is 25.8 Å². The Bertz CT molecular complexity index is 773. The fourth-order valence-corrected chi connectivity index (χ4v) is 3.21. The number of aliphatic hydroxyl groups excluding tert-OH is 3. The van der Waals surface area contributed by atoms with E-state index in [4.69, 9.17) is 10.5 Å². The number of nitrogen functional groups attached to an aromatic ring is 1. The van der Waals surface area contributed by atoms with E-state index in [0.29, 0.717) is 9.99 Å². The van der Waals surface area contributed by atoms with Gasteiger partial charge in [0.05, 0.1) is 17.6 Å². The SMILES string of the molecule is N#Cc1c(Br)n([C@@H]2O[C@@H](CO)[C@@H](O)[C@H]2O)c2ncnc(N)c12. The van der Waals surface area contributed by atoms with Crippen LogP contribution in [0.2, 0.25) is 0 Å². The van der Waals surface area contributed by atoms with Gasteiger partial charge in [-0.1, -0.05) is 0 Å². The van der Waals surface area contributed by atoms with Crippen molar-refractivity contribution in [2.45, 2.75) is 24.5 Å². The molecule has 0 saturated carbocycles. The fraction of sp³-hybridized carbons (Fsp3) is 0.417. The minimum atomic E-state index is -1.30. The zero-order chi connectivity index (χ0) is 16.0. The van der Waals surface area contributed by atoms with Crippen LogP contribution in [0.3, 0.4) is 0 Å². The Labute approximate surface area is 132 Å². The highest BCUT2D eigenvalue weighted by atomic mass is 79.9. The van der Waals surface area contributed by atoms with Gasteiger partial charge in [-0.15, -0.1) is 0 Å². The van der Waals surface area contributed by atoms with E-state index < -0.39 is 31.1 Å². The lowest BCUT2D eigenvalue weighted by Gasteiger charge is -2.18. The van der Waals surface area contributed by atoms with Crippen molar-refractivity contribution >= 4 is 32.8 Å². The Balaban J connectivity index is 2.23. The van der Waals surface area contributed by atoms with Gasteiger partial charge in [-0.3, -0.25) is 4.57 Å². The summed E-state index contributed by atoms with van der Waals surface area (Å²) < 4.78 is 7.19. The Kier molecular flexibility index (Phi) is 3.75. The molecule has 1 aliphatic rings. The lowest BCUT2D eigenvalue weighted by atomic mass is 10.1. The number of hydrogen-bond acceptors (Lipinski definition) is 8. The largest absolute Gasteiger partial charge is 0.394 e. The highest BCUT2D eigenvalue weighted by molar-refractivity contribution is 9.10. The predicted octanol–water partition coefficient (Wildman–Crippen LogP) is -0.741. The van der Waals surface area contributed by atoms with E-state index in [1.54, 1.807) is 0 Å². The van der Waals surface area contributed by atoms with Crippen molar-refractivity contribution in [3.8, 4) is 6.07 Å². The molecule has 116 valence electrons. The molecule has 9 nitrogen and oxygen atoms in total. The second kappa shape index (κ2) is 5.45. The predicted molar refractivity (Wildman–Crippen MR) is 77.4 cm³/mol. The lowest BCUT2D eigenvalue weighted by Crippen LogP contribution is -2.33. The lowest BCUT2D eigenvalue weighted by molar-refractivity contribution is -0.0518. The summed E-state index contributed by atoms with van der Waals surface area (Å²) in [7, 11) is 0. The first kappa shape index (κ1) is 15.1. The first-order valence-corrected chi connectivity index (χ1v) is 7.13. The summed E-state index contributed by atoms with van der Waals surface area (Å²) in [5.41, 5.74) is 6.28. The molecule has 0 bridgehead atoms. The van der Waals surface area contributed by atoms with Gasteiger partial charge in [-0.2, -0.15) is 5.26 Å². The van der Waals surface area contributed by atoms with E-state index in [0.717, 1.165) is 0 Å². The number of fused-ring (bicyclic) bond motifs is 1. The number of rotatable bonds is 2. The molecule has 1 aliphatic heterocycles. The Hall–Kier alpha value is -1.77. The number of nitrogens with zero attached hydrogens (tertiary/aromatic N) is 4. The number of ether oxygens (including phenoxy) is 1. The van der Waals surface area contributed by atoms with Gasteiger partial charge in [0.25, 0.3) is 0 Å². The van der Waals surface area contributed by atoms with E-state index in [2.05, 4.69) is 25.9 Å². The zero-order valence-corrected chi connectivity index (χ0v) is 12.7. The fourth-order valence-electron chi connectivity index (χ4n) is 2.56. The third kappa shape index (κ3) is 1.98. The van der Waals surface area contributed by atoms with Gasteiger partial charge in [-0.25, -0.2) is 9.97 Å². The minimum Gasteiger partial charge on any atom is -0.394 e. The van der Waals surface area contributed by atoms with Crippen LogP contribution in [-0.2, 0) is 4.74 Å². The molecule has 10 heteroatoms. The number of nitriles is 1. The number of nitrogens with two attached hydrogens (primary N) is 1. The van der Waals surface area contributed by atoms with E-state index in [1.807, 2.05) is 6.07 Å². The molecule has 0 aromatic carbocycles. The molecular weight excluding hydrogens is 358 g/mol. The summed E-state index contributed by atoms with van der Waals surface area (Å²) in [5, 5.41) is 38.9. The van der Waals surface area contributed by atoms with Crippen LogP contribution in [0.15, 0.2) is 10.9 Å². The second-order valence-electron chi connectivity index (χ2n) is 4.83. The van der Waals surface area contributed by atoms with E-state index in [9.17, 15) is 20.6 Å². The molecule has 4 atom stereocenters. The van der Waals surface area contributed by atoms with Crippen molar-refractivity contribution in [3.63, 3.8) is 0 Å². The molecule has 0 aliphatic carbocycles. The van der Waals surface area contributed by atoms with Crippen LogP contribution in [0.4, 0.5) is 5.82 Å². The number of halogens is 1. The summed E-state index contributed by atoms with van der Waals surface area (Å²) in [6, 6.07) is 2.00. The van der Waals surface area contributed by atoms with E-state index >= 15 is 0 Å². The maximum absolute atomic E-state index is 10.2. The van der Waals surface area contributed by atoms with Crippen molar-refractivity contribution in [2.75, 3.05) is 12.3 Å². The Morgan fingerprint density at radius 1 is 1.41 bits per heavy atom. The van der Waals surface area contributed by atoms with Crippen molar-refractivity contribution in [1.82, 2.24) is 14.5 Å². The van der Waals surface area contributed by atoms with E-state index in [-0.39, 0.29) is 17.0 Å². The van der Waals surface area contributed by atoms with Gasteiger partial charge in [0, 0.05) is 0 Å². The molecule has 5 N–H and O–H groups in total. The molecule has 3 rings (SSSR count). The Morgan fingerprint density at radius 2 is 2.14 bits per heavy atom. The number of aliphatic hydroxyl groups is 3. The first-order chi connectivity index (χ1) is 10.5. The van der Waals surface area contributed by atoms with Crippen LogP contribution in [0.5, 0.6) is 0 Å². The van der Waals surface area contributed by atoms with Crippen molar-refractivity contribution in [3.05, 3.63) is 16.5 Å². The molecular formula is C12H12BrN5O4. The second-order valence-corrected chi connectivity index (χ2v) is 5.59. The van der Waals surface area contributed by atoms with Crippen LogP contribution in [0, 0.1) is 11.3 Å². The molecule has 0 radical (unpaired) electrons. The highest BCUT2D eigenvalue weighted by Crippen LogP contribution is 2.39. The molecule has 22 heavy (non-hydrogen) atoms. The quantitative estimate of drug-likeness (QED) is 0.540. The molecule has 2 aromatic rings. The van der Waals surface area contributed by atoms with Gasteiger partial charge in [0.1, 0.15) is 46.8 Å². The van der Waals surface area contributed by atoms with Crippen LogP contribution in [0.25, 0.3) is 11.0 Å². The van der Waals surface area contributed by atoms with Crippen LogP contribution in [0.1, 0.15) is 11.8 Å². The van der Waals surface area contributed by atoms with Crippen LogP contribution < -0.4 is 5.73 Å². The standard InChI is InChI=1S/C12H12BrN5O4/c13-9-4(1-14)6-10(15)16-3-17-11(6)18(9)12-8(21)7(20)5(2-19)22-12/h3,5,7-8,12,19-21H,2H2,(H2,15,16,17)/t5-,7+,8+,12+/m0/s1. The van der Waals surface area contributed by atoms with Gasteiger partial charge in [0.15, 0.2) is 6.23 Å². The maximum Gasteiger partial charge on any atom is 0.165 e. The number of aromatic nitrogens is 3. The van der Waals surface area contributed by atoms with E-state index in [1.165, 1.54) is 10.9 Å². The van der Waals surface area contributed by atoms with Gasteiger partial charge in [0.2, 0.25) is 0 Å². The molecule has 1 fully saturated rings. The highest BCUT2D eigenvalue weighted by Gasteiger charge is 2.45.